The van der Waals surface area contributed by atoms with Crippen molar-refractivity contribution in [2.45, 2.75) is 72.8 Å². The van der Waals surface area contributed by atoms with Crippen molar-refractivity contribution in [3.63, 3.8) is 0 Å². The molecule has 1 N–H and O–H groups in total. The minimum absolute atomic E-state index is 0.127. The first kappa shape index (κ1) is 26.4. The maximum atomic E-state index is 13.7. The van der Waals surface area contributed by atoms with E-state index in [2.05, 4.69) is 53.2 Å². The zero-order chi connectivity index (χ0) is 25.5. The Hall–Kier alpha value is -2.67. The quantitative estimate of drug-likeness (QED) is 0.345. The Morgan fingerprint density at radius 1 is 1.03 bits per heavy atom. The van der Waals surface area contributed by atoms with Crippen molar-refractivity contribution >= 4 is 16.9 Å². The van der Waals surface area contributed by atoms with Crippen LogP contribution < -0.4 is 0 Å². The van der Waals surface area contributed by atoms with Crippen molar-refractivity contribution in [3.05, 3.63) is 36.3 Å². The molecule has 1 saturated heterocycles. The summed E-state index contributed by atoms with van der Waals surface area (Å²) < 4.78 is 2.27. The first-order valence-corrected chi connectivity index (χ1v) is 13.9. The van der Waals surface area contributed by atoms with Crippen LogP contribution in [0.3, 0.4) is 0 Å². The Balaban J connectivity index is 1.60. The van der Waals surface area contributed by atoms with Gasteiger partial charge in [-0.2, -0.15) is 0 Å². The van der Waals surface area contributed by atoms with Gasteiger partial charge in [-0.1, -0.05) is 34.1 Å². The average molecular weight is 493 g/mol. The number of rotatable bonds is 12. The number of aromatic amines is 1. The number of nitrogens with zero attached hydrogens (tertiary/aromatic N) is 5. The highest BCUT2D eigenvalue weighted by atomic mass is 16.2. The zero-order valence-electron chi connectivity index (χ0n) is 22.7. The lowest BCUT2D eigenvalue weighted by atomic mass is 10.1. The van der Waals surface area contributed by atoms with Gasteiger partial charge in [-0.25, -0.2) is 9.97 Å². The van der Waals surface area contributed by atoms with E-state index in [-0.39, 0.29) is 5.91 Å². The minimum Gasteiger partial charge on any atom is -0.342 e. The molecule has 1 aliphatic heterocycles. The fraction of sp³-hybridized carbons (Fsp3) is 0.621. The third-order valence-corrected chi connectivity index (χ3v) is 7.28. The van der Waals surface area contributed by atoms with Crippen LogP contribution in [0.5, 0.6) is 0 Å². The summed E-state index contributed by atoms with van der Waals surface area (Å²) in [6.07, 6.45) is 10.6. The van der Waals surface area contributed by atoms with Crippen LogP contribution in [0.2, 0.25) is 0 Å². The Morgan fingerprint density at radius 3 is 2.39 bits per heavy atom. The lowest BCUT2D eigenvalue weighted by Crippen LogP contribution is -2.34. The second-order valence-electron chi connectivity index (χ2n) is 11.2. The molecule has 196 valence electrons. The van der Waals surface area contributed by atoms with Gasteiger partial charge in [0.2, 0.25) is 0 Å². The summed E-state index contributed by atoms with van der Waals surface area (Å²) in [7, 11) is 0. The number of carbonyl (C=O) groups is 1. The molecule has 3 aromatic rings. The molecule has 2 aromatic heterocycles. The Kier molecular flexibility index (Phi) is 9.19. The summed E-state index contributed by atoms with van der Waals surface area (Å²) in [5.74, 6) is 2.16. The molecule has 0 aliphatic carbocycles. The third-order valence-electron chi connectivity index (χ3n) is 7.28. The maximum Gasteiger partial charge on any atom is 0.253 e. The first-order valence-electron chi connectivity index (χ1n) is 13.9. The van der Waals surface area contributed by atoms with E-state index in [1.165, 1.54) is 32.4 Å². The van der Waals surface area contributed by atoms with Gasteiger partial charge in [0.05, 0.1) is 23.6 Å². The number of nitrogens with one attached hydrogen (secondary N) is 1. The van der Waals surface area contributed by atoms with E-state index in [1.54, 1.807) is 6.33 Å². The van der Waals surface area contributed by atoms with Crippen molar-refractivity contribution in [1.29, 1.82) is 0 Å². The van der Waals surface area contributed by atoms with Gasteiger partial charge < -0.3 is 19.4 Å². The highest BCUT2D eigenvalue weighted by Gasteiger charge is 2.20. The molecule has 7 nitrogen and oxygen atoms in total. The fourth-order valence-corrected chi connectivity index (χ4v) is 5.03. The molecule has 4 rings (SSSR count). The van der Waals surface area contributed by atoms with Crippen LogP contribution in [0, 0.1) is 11.8 Å². The molecular formula is C29H44N6O. The van der Waals surface area contributed by atoms with Gasteiger partial charge in [-0.05, 0) is 81.8 Å². The number of hydrogen-bond donors (Lipinski definition) is 1. The molecule has 1 aliphatic rings. The Bertz CT molecular complexity index is 1080. The van der Waals surface area contributed by atoms with Crippen LogP contribution in [-0.4, -0.2) is 67.9 Å². The smallest absolute Gasteiger partial charge is 0.253 e. The average Bonchev–Trinajstić information content (AvgIpc) is 3.52. The van der Waals surface area contributed by atoms with Gasteiger partial charge in [0.25, 0.3) is 5.91 Å². The third kappa shape index (κ3) is 6.75. The summed E-state index contributed by atoms with van der Waals surface area (Å²) >= 11 is 0. The van der Waals surface area contributed by atoms with Crippen LogP contribution in [-0.2, 0) is 6.54 Å². The highest BCUT2D eigenvalue weighted by Crippen LogP contribution is 2.26. The van der Waals surface area contributed by atoms with Crippen molar-refractivity contribution in [2.24, 2.45) is 11.8 Å². The number of aromatic nitrogens is 4. The molecule has 0 bridgehead atoms. The van der Waals surface area contributed by atoms with E-state index in [1.807, 2.05) is 23.2 Å². The van der Waals surface area contributed by atoms with E-state index >= 15 is 0 Å². The minimum atomic E-state index is 0.127. The molecule has 3 heterocycles. The number of H-pyrrole nitrogens is 1. The molecule has 0 unspecified atom stereocenters. The number of imidazole rings is 2. The summed E-state index contributed by atoms with van der Waals surface area (Å²) in [4.78, 5) is 30.7. The normalized spacial score (nSPS) is 14.8. The molecule has 0 spiro atoms. The Labute approximate surface area is 216 Å². The molecule has 0 atom stereocenters. The Morgan fingerprint density at radius 2 is 1.75 bits per heavy atom. The van der Waals surface area contributed by atoms with Gasteiger partial charge in [-0.3, -0.25) is 4.79 Å². The van der Waals surface area contributed by atoms with E-state index < -0.39 is 0 Å². The van der Waals surface area contributed by atoms with Crippen molar-refractivity contribution in [1.82, 2.24) is 29.3 Å². The molecule has 1 amide bonds. The summed E-state index contributed by atoms with van der Waals surface area (Å²) in [6, 6.07) is 6.01. The van der Waals surface area contributed by atoms with Crippen LogP contribution >= 0.6 is 0 Å². The number of hydrogen-bond acceptors (Lipinski definition) is 4. The van der Waals surface area contributed by atoms with Crippen LogP contribution in [0.25, 0.3) is 22.6 Å². The first-order chi connectivity index (χ1) is 17.4. The van der Waals surface area contributed by atoms with Gasteiger partial charge >= 0.3 is 0 Å². The van der Waals surface area contributed by atoms with Crippen molar-refractivity contribution < 1.29 is 4.79 Å². The van der Waals surface area contributed by atoms with Crippen LogP contribution in [0.4, 0.5) is 0 Å². The molecule has 1 fully saturated rings. The van der Waals surface area contributed by atoms with E-state index in [4.69, 9.17) is 4.98 Å². The standard InChI is InChI=1S/C29H44N6O/c1-22(2)11-17-34(18-12-23(3)4)29(36)24-9-10-25-27(19-24)35(28(32-25)26-20-30-21-31-26)16-8-15-33-13-6-5-7-14-33/h9-10,19-23H,5-8,11-18H2,1-4H3,(H,30,31). The second-order valence-corrected chi connectivity index (χ2v) is 11.2. The van der Waals surface area contributed by atoms with Crippen LogP contribution in [0.15, 0.2) is 30.7 Å². The fourth-order valence-electron chi connectivity index (χ4n) is 5.03. The second kappa shape index (κ2) is 12.5. The van der Waals surface area contributed by atoms with Crippen molar-refractivity contribution in [2.75, 3.05) is 32.7 Å². The number of benzene rings is 1. The van der Waals surface area contributed by atoms with E-state index in [9.17, 15) is 4.79 Å². The number of piperidine rings is 1. The lowest BCUT2D eigenvalue weighted by molar-refractivity contribution is 0.0741. The SMILES string of the molecule is CC(C)CCN(CCC(C)C)C(=O)c1ccc2nc(-c3cnc[nH]3)n(CCCN3CCCCC3)c2c1. The number of carbonyl (C=O) groups excluding carboxylic acids is 1. The number of amides is 1. The molecule has 36 heavy (non-hydrogen) atoms. The predicted octanol–water partition coefficient (Wildman–Crippen LogP) is 5.84. The topological polar surface area (TPSA) is 70.0 Å². The predicted molar refractivity (Wildman–Crippen MR) is 147 cm³/mol. The van der Waals surface area contributed by atoms with Gasteiger partial charge in [0.1, 0.15) is 5.69 Å². The zero-order valence-corrected chi connectivity index (χ0v) is 22.7. The van der Waals surface area contributed by atoms with E-state index in [0.29, 0.717) is 11.8 Å². The molecule has 0 radical (unpaired) electrons. The van der Waals surface area contributed by atoms with Gasteiger partial charge in [0.15, 0.2) is 5.82 Å². The number of aryl methyl sites for hydroxylation is 1. The van der Waals surface area contributed by atoms with Crippen LogP contribution in [0.1, 0.15) is 76.6 Å². The summed E-state index contributed by atoms with van der Waals surface area (Å²) in [5, 5.41) is 0. The lowest BCUT2D eigenvalue weighted by Gasteiger charge is -2.26. The monoisotopic (exact) mass is 492 g/mol. The maximum absolute atomic E-state index is 13.7. The number of likely N-dealkylation sites (tertiary alicyclic amines) is 1. The molecule has 0 saturated carbocycles. The molecule has 1 aromatic carbocycles. The summed E-state index contributed by atoms with van der Waals surface area (Å²) in [5.41, 5.74) is 3.61. The van der Waals surface area contributed by atoms with Gasteiger partial charge in [-0.15, -0.1) is 0 Å². The number of fused-ring (bicyclic) bond motifs is 1. The molecule has 7 heteroatoms. The highest BCUT2D eigenvalue weighted by molar-refractivity contribution is 5.98. The summed E-state index contributed by atoms with van der Waals surface area (Å²) in [6.45, 7) is 14.9. The van der Waals surface area contributed by atoms with E-state index in [0.717, 1.165) is 73.6 Å². The molecular weight excluding hydrogens is 448 g/mol. The largest absolute Gasteiger partial charge is 0.342 e. The van der Waals surface area contributed by atoms with Crippen molar-refractivity contribution in [3.8, 4) is 11.5 Å². The van der Waals surface area contributed by atoms with Gasteiger partial charge in [0, 0.05) is 25.2 Å².